The van der Waals surface area contributed by atoms with E-state index in [1.165, 1.54) is 6.08 Å². The number of carboxylic acids is 1. The van der Waals surface area contributed by atoms with E-state index in [0.29, 0.717) is 5.56 Å². The lowest BCUT2D eigenvalue weighted by Crippen LogP contribution is -2.08. The second kappa shape index (κ2) is 4.71. The first-order valence-corrected chi connectivity index (χ1v) is 5.25. The van der Waals surface area contributed by atoms with Crippen molar-refractivity contribution in [2.45, 2.75) is 0 Å². The second-order valence-electron chi connectivity index (χ2n) is 3.76. The number of aliphatic carboxylic acids is 1. The van der Waals surface area contributed by atoms with Crippen molar-refractivity contribution >= 4 is 28.6 Å². The number of phenols is 1. The minimum atomic E-state index is -1.52. The van der Waals surface area contributed by atoms with Gasteiger partial charge < -0.3 is 10.2 Å². The van der Waals surface area contributed by atoms with Crippen molar-refractivity contribution in [2.75, 3.05) is 0 Å². The molecule has 0 bridgehead atoms. The standard InChI is InChI=1S/C14H10O4/c15-12(14(17)18)6-5-11-7-9-3-1-2-4-10(9)8-13(11)16/h1-8,16H,(H,17,18)/b6-5-. The van der Waals surface area contributed by atoms with Gasteiger partial charge in [-0.3, -0.25) is 4.79 Å². The Balaban J connectivity index is 2.42. The maximum Gasteiger partial charge on any atom is 0.376 e. The van der Waals surface area contributed by atoms with Gasteiger partial charge in [0.1, 0.15) is 5.75 Å². The van der Waals surface area contributed by atoms with Crippen LogP contribution in [-0.2, 0) is 9.59 Å². The van der Waals surface area contributed by atoms with Gasteiger partial charge in [-0.2, -0.15) is 0 Å². The molecule has 0 spiro atoms. The summed E-state index contributed by atoms with van der Waals surface area (Å²) in [7, 11) is 0. The number of hydrogen-bond donors (Lipinski definition) is 2. The molecule has 4 heteroatoms. The number of fused-ring (bicyclic) bond motifs is 1. The van der Waals surface area contributed by atoms with E-state index < -0.39 is 11.8 Å². The van der Waals surface area contributed by atoms with Crippen LogP contribution in [0.2, 0.25) is 0 Å². The first kappa shape index (κ1) is 11.9. The molecule has 2 aromatic carbocycles. The summed E-state index contributed by atoms with van der Waals surface area (Å²) < 4.78 is 0. The molecule has 4 nitrogen and oxygen atoms in total. The molecule has 0 saturated carbocycles. The third-order valence-electron chi connectivity index (χ3n) is 2.52. The van der Waals surface area contributed by atoms with Crippen LogP contribution in [0.3, 0.4) is 0 Å². The average molecular weight is 242 g/mol. The third kappa shape index (κ3) is 2.38. The van der Waals surface area contributed by atoms with E-state index in [1.54, 1.807) is 12.1 Å². The Morgan fingerprint density at radius 1 is 1.06 bits per heavy atom. The molecule has 2 N–H and O–H groups in total. The fourth-order valence-corrected chi connectivity index (χ4v) is 1.62. The van der Waals surface area contributed by atoms with Crippen LogP contribution in [0.5, 0.6) is 5.75 Å². The van der Waals surface area contributed by atoms with E-state index in [1.807, 2.05) is 24.3 Å². The van der Waals surface area contributed by atoms with Crippen molar-refractivity contribution in [2.24, 2.45) is 0 Å². The Morgan fingerprint density at radius 2 is 1.67 bits per heavy atom. The third-order valence-corrected chi connectivity index (χ3v) is 2.52. The predicted molar refractivity (Wildman–Crippen MR) is 67.3 cm³/mol. The molecule has 0 aromatic heterocycles. The molecule has 0 aliphatic carbocycles. The molecule has 0 aliphatic heterocycles. The van der Waals surface area contributed by atoms with Crippen molar-refractivity contribution in [3.8, 4) is 5.75 Å². The Kier molecular flexibility index (Phi) is 3.10. The molecule has 0 unspecified atom stereocenters. The molecule has 0 aliphatic rings. The highest BCUT2D eigenvalue weighted by molar-refractivity contribution is 6.38. The molecule has 90 valence electrons. The zero-order valence-electron chi connectivity index (χ0n) is 9.33. The SMILES string of the molecule is O=C(O)C(=O)/C=C\c1cc2ccccc2cc1O. The average Bonchev–Trinajstić information content (AvgIpc) is 2.35. The van der Waals surface area contributed by atoms with Crippen LogP contribution in [0.25, 0.3) is 16.8 Å². The van der Waals surface area contributed by atoms with Crippen LogP contribution in [0, 0.1) is 0 Å². The lowest BCUT2D eigenvalue weighted by atomic mass is 10.1. The summed E-state index contributed by atoms with van der Waals surface area (Å²) in [5, 5.41) is 20.0. The number of benzene rings is 2. The van der Waals surface area contributed by atoms with E-state index in [9.17, 15) is 14.7 Å². The van der Waals surface area contributed by atoms with Gasteiger partial charge >= 0.3 is 5.97 Å². The van der Waals surface area contributed by atoms with Crippen LogP contribution >= 0.6 is 0 Å². The van der Waals surface area contributed by atoms with Gasteiger partial charge in [-0.1, -0.05) is 24.3 Å². The first-order valence-electron chi connectivity index (χ1n) is 5.25. The van der Waals surface area contributed by atoms with Gasteiger partial charge in [0.15, 0.2) is 0 Å². The summed E-state index contributed by atoms with van der Waals surface area (Å²) in [6, 6.07) is 10.7. The molecular formula is C14H10O4. The van der Waals surface area contributed by atoms with Crippen molar-refractivity contribution < 1.29 is 19.8 Å². The number of phenolic OH excluding ortho intramolecular Hbond substituents is 1. The van der Waals surface area contributed by atoms with Gasteiger partial charge in [0.25, 0.3) is 5.78 Å². The van der Waals surface area contributed by atoms with Crippen LogP contribution in [-0.4, -0.2) is 22.0 Å². The Bertz CT molecular complexity index is 656. The fraction of sp³-hybridized carbons (Fsp3) is 0. The van der Waals surface area contributed by atoms with Gasteiger partial charge in [0.2, 0.25) is 0 Å². The van der Waals surface area contributed by atoms with Crippen LogP contribution < -0.4 is 0 Å². The summed E-state index contributed by atoms with van der Waals surface area (Å²) in [6.07, 6.45) is 2.21. The summed E-state index contributed by atoms with van der Waals surface area (Å²) in [4.78, 5) is 21.3. The summed E-state index contributed by atoms with van der Waals surface area (Å²) >= 11 is 0. The van der Waals surface area contributed by atoms with E-state index >= 15 is 0 Å². The second-order valence-corrected chi connectivity index (χ2v) is 3.76. The molecule has 2 rings (SSSR count). The zero-order valence-corrected chi connectivity index (χ0v) is 9.33. The minimum absolute atomic E-state index is 0.00291. The van der Waals surface area contributed by atoms with Crippen molar-refractivity contribution in [3.05, 3.63) is 48.0 Å². The normalized spacial score (nSPS) is 10.9. The highest BCUT2D eigenvalue weighted by Crippen LogP contribution is 2.25. The van der Waals surface area contributed by atoms with Crippen LogP contribution in [0.15, 0.2) is 42.5 Å². The number of hydrogen-bond acceptors (Lipinski definition) is 3. The van der Waals surface area contributed by atoms with Crippen molar-refractivity contribution in [1.29, 1.82) is 0 Å². The van der Waals surface area contributed by atoms with Gasteiger partial charge in [-0.05, 0) is 35.1 Å². The topological polar surface area (TPSA) is 74.6 Å². The van der Waals surface area contributed by atoms with Gasteiger partial charge in [-0.25, -0.2) is 4.79 Å². The largest absolute Gasteiger partial charge is 0.507 e. The summed E-state index contributed by atoms with van der Waals surface area (Å²) in [6.45, 7) is 0. The number of carbonyl (C=O) groups is 2. The highest BCUT2D eigenvalue weighted by Gasteiger charge is 2.07. The van der Waals surface area contributed by atoms with Gasteiger partial charge in [0.05, 0.1) is 0 Å². The van der Waals surface area contributed by atoms with Crippen molar-refractivity contribution in [3.63, 3.8) is 0 Å². The molecule has 0 saturated heterocycles. The quantitative estimate of drug-likeness (QED) is 0.639. The number of aromatic hydroxyl groups is 1. The lowest BCUT2D eigenvalue weighted by Gasteiger charge is -2.02. The van der Waals surface area contributed by atoms with Crippen molar-refractivity contribution in [1.82, 2.24) is 0 Å². The smallest absolute Gasteiger partial charge is 0.376 e. The molecule has 0 amide bonds. The molecule has 0 atom stereocenters. The first-order chi connectivity index (χ1) is 8.58. The highest BCUT2D eigenvalue weighted by atomic mass is 16.4. The molecule has 18 heavy (non-hydrogen) atoms. The Morgan fingerprint density at radius 3 is 2.28 bits per heavy atom. The molecule has 0 heterocycles. The number of ketones is 1. The summed E-state index contributed by atoms with van der Waals surface area (Å²) in [5.41, 5.74) is 0.406. The maximum atomic E-state index is 10.9. The monoisotopic (exact) mass is 242 g/mol. The van der Waals surface area contributed by atoms with E-state index in [2.05, 4.69) is 0 Å². The molecule has 0 fully saturated rings. The molecular weight excluding hydrogens is 232 g/mol. The Labute approximate surface area is 103 Å². The lowest BCUT2D eigenvalue weighted by molar-refractivity contribution is -0.146. The Hall–Kier alpha value is -2.62. The molecule has 2 aromatic rings. The number of rotatable bonds is 3. The predicted octanol–water partition coefficient (Wildman–Crippen LogP) is 2.21. The number of carbonyl (C=O) groups excluding carboxylic acids is 1. The van der Waals surface area contributed by atoms with E-state index in [0.717, 1.165) is 16.8 Å². The zero-order chi connectivity index (χ0) is 13.1. The maximum absolute atomic E-state index is 10.9. The van der Waals surface area contributed by atoms with Gasteiger partial charge in [-0.15, -0.1) is 0 Å². The minimum Gasteiger partial charge on any atom is -0.507 e. The number of carboxylic acid groups (broad SMARTS) is 1. The van der Waals surface area contributed by atoms with E-state index in [-0.39, 0.29) is 5.75 Å². The van der Waals surface area contributed by atoms with E-state index in [4.69, 9.17) is 5.11 Å². The van der Waals surface area contributed by atoms with Gasteiger partial charge in [0, 0.05) is 5.56 Å². The fourth-order valence-electron chi connectivity index (χ4n) is 1.62. The van der Waals surface area contributed by atoms with Crippen LogP contribution in [0.4, 0.5) is 0 Å². The molecule has 0 radical (unpaired) electrons. The summed E-state index contributed by atoms with van der Waals surface area (Å²) in [5.74, 6) is -2.54. The van der Waals surface area contributed by atoms with Crippen LogP contribution in [0.1, 0.15) is 5.56 Å².